The van der Waals surface area contributed by atoms with Gasteiger partial charge >= 0.3 is 0 Å². The summed E-state index contributed by atoms with van der Waals surface area (Å²) in [6.45, 7) is 0.975. The molecule has 2 aromatic carbocycles. The fourth-order valence-corrected chi connectivity index (χ4v) is 4.10. The molecule has 4 rings (SSSR count). The van der Waals surface area contributed by atoms with E-state index in [9.17, 15) is 9.59 Å². The average Bonchev–Trinajstić information content (AvgIpc) is 2.84. The molecule has 166 valence electrons. The Bertz CT molecular complexity index is 1070. The van der Waals surface area contributed by atoms with Gasteiger partial charge in [-0.15, -0.1) is 0 Å². The Morgan fingerprint density at radius 1 is 1.00 bits per heavy atom. The smallest absolute Gasteiger partial charge is 0.251 e. The molecule has 0 saturated heterocycles. The second kappa shape index (κ2) is 10.8. The molecule has 6 nitrogen and oxygen atoms in total. The van der Waals surface area contributed by atoms with E-state index >= 15 is 0 Å². The number of para-hydroxylation sites is 1. The Kier molecular flexibility index (Phi) is 7.33. The minimum absolute atomic E-state index is 0.0577. The summed E-state index contributed by atoms with van der Waals surface area (Å²) in [5, 5.41) is 6.93. The molecule has 2 N–H and O–H groups in total. The quantitative estimate of drug-likeness (QED) is 0.495. The molecule has 0 bridgehead atoms. The lowest BCUT2D eigenvalue weighted by atomic mass is 9.88. The normalized spacial score (nSPS) is 14.1. The van der Waals surface area contributed by atoms with Crippen molar-refractivity contribution >= 4 is 28.4 Å². The van der Waals surface area contributed by atoms with Crippen molar-refractivity contribution in [3.8, 4) is 5.75 Å². The zero-order chi connectivity index (χ0) is 22.2. The fraction of sp³-hybridized carbons (Fsp3) is 0.346. The third-order valence-corrected chi connectivity index (χ3v) is 5.83. The third-order valence-electron chi connectivity index (χ3n) is 5.83. The number of carbonyl (C=O) groups excluding carboxylic acids is 2. The predicted molar refractivity (Wildman–Crippen MR) is 126 cm³/mol. The second-order valence-corrected chi connectivity index (χ2v) is 8.19. The van der Waals surface area contributed by atoms with Crippen molar-refractivity contribution in [2.45, 2.75) is 38.5 Å². The first-order valence-corrected chi connectivity index (χ1v) is 11.4. The van der Waals surface area contributed by atoms with Crippen LogP contribution in [0.5, 0.6) is 5.75 Å². The van der Waals surface area contributed by atoms with E-state index < -0.39 is 0 Å². The van der Waals surface area contributed by atoms with Crippen LogP contribution in [0.2, 0.25) is 0 Å². The van der Waals surface area contributed by atoms with Gasteiger partial charge in [0.2, 0.25) is 5.91 Å². The lowest BCUT2D eigenvalue weighted by Gasteiger charge is -2.20. The molecule has 1 aliphatic rings. The minimum atomic E-state index is -0.161. The van der Waals surface area contributed by atoms with E-state index in [-0.39, 0.29) is 17.7 Å². The van der Waals surface area contributed by atoms with E-state index in [0.717, 1.165) is 42.3 Å². The zero-order valence-electron chi connectivity index (χ0n) is 18.2. The highest BCUT2D eigenvalue weighted by Crippen LogP contribution is 2.25. The van der Waals surface area contributed by atoms with Gasteiger partial charge in [-0.3, -0.25) is 14.6 Å². The zero-order valence-corrected chi connectivity index (χ0v) is 18.2. The van der Waals surface area contributed by atoms with Crippen molar-refractivity contribution in [3.63, 3.8) is 0 Å². The number of amides is 2. The number of anilines is 1. The van der Waals surface area contributed by atoms with E-state index in [1.165, 1.54) is 6.42 Å². The highest BCUT2D eigenvalue weighted by molar-refractivity contribution is 5.97. The van der Waals surface area contributed by atoms with Crippen molar-refractivity contribution in [2.75, 3.05) is 18.5 Å². The minimum Gasteiger partial charge on any atom is -0.491 e. The number of ether oxygens (including phenoxy) is 1. The van der Waals surface area contributed by atoms with E-state index in [2.05, 4.69) is 15.6 Å². The molecule has 1 aromatic heterocycles. The molecule has 1 saturated carbocycles. The van der Waals surface area contributed by atoms with Gasteiger partial charge < -0.3 is 15.4 Å². The van der Waals surface area contributed by atoms with Crippen molar-refractivity contribution < 1.29 is 14.3 Å². The van der Waals surface area contributed by atoms with Crippen molar-refractivity contribution in [1.29, 1.82) is 0 Å². The van der Waals surface area contributed by atoms with Gasteiger partial charge in [0, 0.05) is 35.3 Å². The molecule has 6 heteroatoms. The summed E-state index contributed by atoms with van der Waals surface area (Å²) < 4.78 is 5.87. The van der Waals surface area contributed by atoms with Crippen LogP contribution in [-0.4, -0.2) is 29.9 Å². The van der Waals surface area contributed by atoms with Crippen LogP contribution in [-0.2, 0) is 4.79 Å². The number of hydrogen-bond donors (Lipinski definition) is 2. The van der Waals surface area contributed by atoms with Crippen LogP contribution in [0, 0.1) is 5.92 Å². The number of nitrogens with zero attached hydrogens (tertiary/aromatic N) is 1. The van der Waals surface area contributed by atoms with Crippen molar-refractivity contribution in [2.24, 2.45) is 5.92 Å². The fourth-order valence-electron chi connectivity index (χ4n) is 4.10. The highest BCUT2D eigenvalue weighted by Gasteiger charge is 2.21. The van der Waals surface area contributed by atoms with E-state index in [1.54, 1.807) is 24.4 Å². The van der Waals surface area contributed by atoms with Gasteiger partial charge in [0.1, 0.15) is 11.3 Å². The molecule has 3 aromatic rings. The maximum atomic E-state index is 12.5. The molecule has 0 atom stereocenters. The van der Waals surface area contributed by atoms with Crippen LogP contribution < -0.4 is 15.4 Å². The summed E-state index contributed by atoms with van der Waals surface area (Å²) in [5.74, 6) is 0.724. The number of carbonyl (C=O) groups is 2. The molecule has 0 aliphatic heterocycles. The van der Waals surface area contributed by atoms with Gasteiger partial charge in [0.05, 0.1) is 6.61 Å². The van der Waals surface area contributed by atoms with Crippen LogP contribution in [0.4, 0.5) is 5.69 Å². The Hall–Kier alpha value is -3.41. The molecule has 0 spiro atoms. The highest BCUT2D eigenvalue weighted by atomic mass is 16.5. The maximum Gasteiger partial charge on any atom is 0.251 e. The van der Waals surface area contributed by atoms with Gasteiger partial charge in [0.15, 0.2) is 0 Å². The molecule has 0 unspecified atom stereocenters. The Morgan fingerprint density at radius 3 is 2.69 bits per heavy atom. The van der Waals surface area contributed by atoms with E-state index in [4.69, 9.17) is 4.74 Å². The molecular weight excluding hydrogens is 402 g/mol. The lowest BCUT2D eigenvalue weighted by molar-refractivity contribution is -0.120. The third kappa shape index (κ3) is 5.63. The monoisotopic (exact) mass is 431 g/mol. The number of aromatic nitrogens is 1. The summed E-state index contributed by atoms with van der Waals surface area (Å²) in [6, 6.07) is 16.9. The van der Waals surface area contributed by atoms with Crippen LogP contribution >= 0.6 is 0 Å². The number of fused-ring (bicyclic) bond motifs is 1. The molecule has 32 heavy (non-hydrogen) atoms. The first-order chi connectivity index (χ1) is 15.7. The van der Waals surface area contributed by atoms with Crippen LogP contribution in [0.15, 0.2) is 60.8 Å². The van der Waals surface area contributed by atoms with Gasteiger partial charge in [-0.25, -0.2) is 0 Å². The van der Waals surface area contributed by atoms with Gasteiger partial charge in [-0.1, -0.05) is 43.5 Å². The molecular formula is C26H29N3O3. The standard InChI is InChI=1S/C26H29N3O3/c30-25(21-11-4-13-22(18-21)29-26(31)20-8-2-1-3-9-20)28-16-7-17-32-23-14-5-10-19-12-6-15-27-24(19)23/h4-6,10-15,18,20H,1-3,7-9,16-17H2,(H,28,30)(H,29,31). The SMILES string of the molecule is O=C(NCCCOc1cccc2cccnc12)c1cccc(NC(=O)C2CCCCC2)c1. The predicted octanol–water partition coefficient (Wildman–Crippen LogP) is 4.95. The summed E-state index contributed by atoms with van der Waals surface area (Å²) >= 11 is 0. The first kappa shape index (κ1) is 21.8. The second-order valence-electron chi connectivity index (χ2n) is 8.19. The van der Waals surface area contributed by atoms with Gasteiger partial charge in [0.25, 0.3) is 5.91 Å². The average molecular weight is 432 g/mol. The molecule has 0 radical (unpaired) electrons. The first-order valence-electron chi connectivity index (χ1n) is 11.4. The van der Waals surface area contributed by atoms with Gasteiger partial charge in [-0.2, -0.15) is 0 Å². The Balaban J connectivity index is 1.23. The number of hydrogen-bond acceptors (Lipinski definition) is 4. The molecule has 1 fully saturated rings. The summed E-state index contributed by atoms with van der Waals surface area (Å²) in [7, 11) is 0. The number of benzene rings is 2. The van der Waals surface area contributed by atoms with Crippen molar-refractivity contribution in [3.05, 3.63) is 66.4 Å². The number of pyridine rings is 1. The van der Waals surface area contributed by atoms with Crippen molar-refractivity contribution in [1.82, 2.24) is 10.3 Å². The molecule has 2 amide bonds. The van der Waals surface area contributed by atoms with E-state index in [0.29, 0.717) is 30.8 Å². The topological polar surface area (TPSA) is 80.3 Å². The van der Waals surface area contributed by atoms with Crippen LogP contribution in [0.25, 0.3) is 10.9 Å². The largest absolute Gasteiger partial charge is 0.491 e. The molecule has 1 aliphatic carbocycles. The van der Waals surface area contributed by atoms with Crippen LogP contribution in [0.1, 0.15) is 48.9 Å². The maximum absolute atomic E-state index is 12.5. The molecule has 1 heterocycles. The Morgan fingerprint density at radius 2 is 1.81 bits per heavy atom. The van der Waals surface area contributed by atoms with E-state index in [1.807, 2.05) is 36.4 Å². The number of rotatable bonds is 8. The summed E-state index contributed by atoms with van der Waals surface area (Å²) in [6.07, 6.45) is 7.76. The lowest BCUT2D eigenvalue weighted by Crippen LogP contribution is -2.26. The van der Waals surface area contributed by atoms with Gasteiger partial charge in [-0.05, 0) is 49.6 Å². The number of nitrogens with one attached hydrogen (secondary N) is 2. The van der Waals surface area contributed by atoms with Crippen LogP contribution in [0.3, 0.4) is 0 Å². The summed E-state index contributed by atoms with van der Waals surface area (Å²) in [4.78, 5) is 29.4. The Labute approximate surface area is 188 Å². The summed E-state index contributed by atoms with van der Waals surface area (Å²) in [5.41, 5.74) is 2.04.